The Balaban J connectivity index is 1.94. The van der Waals surface area contributed by atoms with Gasteiger partial charge in [0.2, 0.25) is 5.89 Å². The molecule has 108 valence electrons. The monoisotopic (exact) mass is 266 g/mol. The molecule has 2 rings (SSSR count). The number of rotatable bonds is 6. The van der Waals surface area contributed by atoms with Crippen molar-refractivity contribution in [3.8, 4) is 0 Å². The smallest absolute Gasteiger partial charge is 0.265 e. The van der Waals surface area contributed by atoms with Crippen LogP contribution in [-0.2, 0) is 6.42 Å². The summed E-state index contributed by atoms with van der Waals surface area (Å²) in [6.07, 6.45) is 7.30. The van der Waals surface area contributed by atoms with E-state index in [0.29, 0.717) is 17.9 Å². The summed E-state index contributed by atoms with van der Waals surface area (Å²) in [6, 6.07) is 0.614. The van der Waals surface area contributed by atoms with Crippen LogP contribution in [0.4, 0.5) is 5.95 Å². The lowest BCUT2D eigenvalue weighted by atomic mass is 9.82. The lowest BCUT2D eigenvalue weighted by Gasteiger charge is -2.31. The van der Waals surface area contributed by atoms with Crippen LogP contribution in [0.1, 0.15) is 44.9 Å². The Morgan fingerprint density at radius 1 is 1.32 bits per heavy atom. The molecule has 0 radical (unpaired) electrons. The van der Waals surface area contributed by atoms with Crippen LogP contribution in [0.5, 0.6) is 0 Å². The zero-order chi connectivity index (χ0) is 13.7. The summed E-state index contributed by atoms with van der Waals surface area (Å²) >= 11 is 0. The van der Waals surface area contributed by atoms with Crippen LogP contribution in [0, 0.1) is 5.92 Å². The number of anilines is 1. The van der Waals surface area contributed by atoms with E-state index in [-0.39, 0.29) is 0 Å². The van der Waals surface area contributed by atoms with Gasteiger partial charge in [0, 0.05) is 26.6 Å². The molecule has 1 saturated carbocycles. The largest absolute Gasteiger partial charge is 0.344 e. The second-order valence-corrected chi connectivity index (χ2v) is 5.69. The van der Waals surface area contributed by atoms with Gasteiger partial charge in [-0.2, -0.15) is 4.98 Å². The van der Waals surface area contributed by atoms with E-state index in [4.69, 9.17) is 4.52 Å². The molecule has 1 aliphatic carbocycles. The van der Waals surface area contributed by atoms with E-state index < -0.39 is 0 Å². The third kappa shape index (κ3) is 3.93. The van der Waals surface area contributed by atoms with Gasteiger partial charge in [-0.1, -0.05) is 19.8 Å². The average Bonchev–Trinajstić information content (AvgIpc) is 2.86. The molecule has 1 fully saturated rings. The van der Waals surface area contributed by atoms with Crippen LogP contribution in [0.2, 0.25) is 0 Å². The Bertz CT molecular complexity index is 377. The molecule has 0 aromatic carbocycles. The highest BCUT2D eigenvalue weighted by Crippen LogP contribution is 2.27. The minimum atomic E-state index is 0.614. The lowest BCUT2D eigenvalue weighted by Crippen LogP contribution is -2.39. The van der Waals surface area contributed by atoms with Crippen molar-refractivity contribution in [2.75, 3.05) is 25.5 Å². The molecule has 2 atom stereocenters. The van der Waals surface area contributed by atoms with Crippen LogP contribution >= 0.6 is 0 Å². The first-order valence-electron chi connectivity index (χ1n) is 7.44. The Morgan fingerprint density at radius 3 is 2.79 bits per heavy atom. The maximum Gasteiger partial charge on any atom is 0.265 e. The van der Waals surface area contributed by atoms with Crippen LogP contribution < -0.4 is 10.2 Å². The summed E-state index contributed by atoms with van der Waals surface area (Å²) in [4.78, 5) is 6.31. The minimum Gasteiger partial charge on any atom is -0.344 e. The van der Waals surface area contributed by atoms with E-state index in [1.807, 2.05) is 19.0 Å². The summed E-state index contributed by atoms with van der Waals surface area (Å²) in [5.74, 6) is 2.08. The predicted molar refractivity (Wildman–Crippen MR) is 76.4 cm³/mol. The molecule has 19 heavy (non-hydrogen) atoms. The Hall–Kier alpha value is -1.10. The van der Waals surface area contributed by atoms with Gasteiger partial charge in [-0.05, 0) is 36.9 Å². The van der Waals surface area contributed by atoms with Crippen LogP contribution in [0.3, 0.4) is 0 Å². The molecule has 0 bridgehead atoms. The van der Waals surface area contributed by atoms with E-state index in [2.05, 4.69) is 22.4 Å². The number of aromatic nitrogens is 2. The average molecular weight is 266 g/mol. The lowest BCUT2D eigenvalue weighted by molar-refractivity contribution is 0.240. The summed E-state index contributed by atoms with van der Waals surface area (Å²) in [5.41, 5.74) is 0. The van der Waals surface area contributed by atoms with E-state index in [1.54, 1.807) is 0 Å². The molecule has 1 N–H and O–H groups in total. The van der Waals surface area contributed by atoms with Crippen molar-refractivity contribution in [3.05, 3.63) is 5.89 Å². The van der Waals surface area contributed by atoms with Gasteiger partial charge >= 0.3 is 0 Å². The van der Waals surface area contributed by atoms with E-state index in [0.717, 1.165) is 18.9 Å². The molecule has 1 aliphatic rings. The number of nitrogens with zero attached hydrogens (tertiary/aromatic N) is 3. The third-order valence-corrected chi connectivity index (χ3v) is 3.86. The normalized spacial score (nSPS) is 23.5. The first-order chi connectivity index (χ1) is 9.20. The molecule has 2 unspecified atom stereocenters. The first-order valence-corrected chi connectivity index (χ1v) is 7.44. The van der Waals surface area contributed by atoms with Crippen molar-refractivity contribution in [1.29, 1.82) is 0 Å². The zero-order valence-corrected chi connectivity index (χ0v) is 12.4. The standard InChI is InChI=1S/C14H26N4O/c1-4-9-15-12-8-6-5-7-11(12)10-13-16-14(17-19-13)18(2)3/h11-12,15H,4-10H2,1-3H3. The van der Waals surface area contributed by atoms with Gasteiger partial charge in [-0.25, -0.2) is 0 Å². The van der Waals surface area contributed by atoms with Gasteiger partial charge in [0.05, 0.1) is 0 Å². The van der Waals surface area contributed by atoms with Crippen LogP contribution in [-0.4, -0.2) is 36.8 Å². The molecular formula is C14H26N4O. The summed E-state index contributed by atoms with van der Waals surface area (Å²) < 4.78 is 5.35. The highest BCUT2D eigenvalue weighted by Gasteiger charge is 2.26. The van der Waals surface area contributed by atoms with Gasteiger partial charge in [-0.15, -0.1) is 0 Å². The molecule has 1 aromatic heterocycles. The Labute approximate surface area is 115 Å². The summed E-state index contributed by atoms with van der Waals surface area (Å²) in [6.45, 7) is 3.32. The topological polar surface area (TPSA) is 54.2 Å². The van der Waals surface area contributed by atoms with Crippen molar-refractivity contribution < 1.29 is 4.52 Å². The fourth-order valence-electron chi connectivity index (χ4n) is 2.79. The van der Waals surface area contributed by atoms with Crippen molar-refractivity contribution >= 4 is 5.95 Å². The molecule has 0 amide bonds. The minimum absolute atomic E-state index is 0.614. The molecule has 0 spiro atoms. The van der Waals surface area contributed by atoms with Gasteiger partial charge in [0.1, 0.15) is 0 Å². The number of nitrogens with one attached hydrogen (secondary N) is 1. The van der Waals surface area contributed by atoms with Crippen LogP contribution in [0.15, 0.2) is 4.52 Å². The number of hydrogen-bond donors (Lipinski definition) is 1. The Morgan fingerprint density at radius 2 is 2.11 bits per heavy atom. The third-order valence-electron chi connectivity index (χ3n) is 3.86. The number of hydrogen-bond acceptors (Lipinski definition) is 5. The van der Waals surface area contributed by atoms with Crippen molar-refractivity contribution in [3.63, 3.8) is 0 Å². The van der Waals surface area contributed by atoms with Crippen molar-refractivity contribution in [2.45, 2.75) is 51.5 Å². The maximum atomic E-state index is 5.35. The van der Waals surface area contributed by atoms with Gasteiger partial charge in [-0.3, -0.25) is 0 Å². The van der Waals surface area contributed by atoms with Gasteiger partial charge in [0.25, 0.3) is 5.95 Å². The fraction of sp³-hybridized carbons (Fsp3) is 0.857. The van der Waals surface area contributed by atoms with E-state index >= 15 is 0 Å². The highest BCUT2D eigenvalue weighted by atomic mass is 16.5. The molecule has 0 saturated heterocycles. The molecule has 0 aliphatic heterocycles. The van der Waals surface area contributed by atoms with Gasteiger partial charge in [0.15, 0.2) is 0 Å². The van der Waals surface area contributed by atoms with Crippen molar-refractivity contribution in [2.24, 2.45) is 5.92 Å². The molecule has 1 heterocycles. The molecular weight excluding hydrogens is 240 g/mol. The fourth-order valence-corrected chi connectivity index (χ4v) is 2.79. The zero-order valence-electron chi connectivity index (χ0n) is 12.4. The second kappa shape index (κ2) is 6.89. The SMILES string of the molecule is CCCNC1CCCCC1Cc1nc(N(C)C)no1. The molecule has 5 heteroatoms. The Kier molecular flexibility index (Phi) is 5.19. The highest BCUT2D eigenvalue weighted by molar-refractivity contribution is 5.23. The quantitative estimate of drug-likeness (QED) is 0.855. The van der Waals surface area contributed by atoms with E-state index in [9.17, 15) is 0 Å². The molecule has 5 nitrogen and oxygen atoms in total. The predicted octanol–water partition coefficient (Wildman–Crippen LogP) is 2.24. The van der Waals surface area contributed by atoms with Crippen molar-refractivity contribution in [1.82, 2.24) is 15.5 Å². The summed E-state index contributed by atoms with van der Waals surface area (Å²) in [5, 5.41) is 7.66. The van der Waals surface area contributed by atoms with Gasteiger partial charge < -0.3 is 14.7 Å². The maximum absolute atomic E-state index is 5.35. The van der Waals surface area contributed by atoms with E-state index in [1.165, 1.54) is 32.1 Å². The second-order valence-electron chi connectivity index (χ2n) is 5.69. The summed E-state index contributed by atoms with van der Waals surface area (Å²) in [7, 11) is 3.86. The first kappa shape index (κ1) is 14.3. The molecule has 1 aromatic rings. The van der Waals surface area contributed by atoms with Crippen LogP contribution in [0.25, 0.3) is 0 Å².